The average molecular weight is 295 g/mol. The molecule has 1 unspecified atom stereocenters. The summed E-state index contributed by atoms with van der Waals surface area (Å²) >= 11 is 0. The van der Waals surface area contributed by atoms with Crippen molar-refractivity contribution in [3.05, 3.63) is 66.0 Å². The third-order valence-electron chi connectivity index (χ3n) is 4.39. The van der Waals surface area contributed by atoms with Crippen molar-refractivity contribution in [1.29, 1.82) is 0 Å². The molecule has 0 aliphatic carbocycles. The van der Waals surface area contributed by atoms with Crippen molar-refractivity contribution in [1.82, 2.24) is 15.2 Å². The number of rotatable bonds is 6. The largest absolute Gasteiger partial charge is 0.305 e. The Labute approximate surface area is 133 Å². The maximum absolute atomic E-state index is 4.09. The smallest absolute Gasteiger partial charge is 0.0451 e. The Balaban J connectivity index is 1.65. The summed E-state index contributed by atoms with van der Waals surface area (Å²) in [5, 5.41) is 3.73. The second-order valence-electron chi connectivity index (χ2n) is 6.06. The van der Waals surface area contributed by atoms with Gasteiger partial charge < -0.3 is 10.2 Å². The first kappa shape index (κ1) is 15.2. The predicted octanol–water partition coefficient (Wildman–Crippen LogP) is 3.40. The minimum Gasteiger partial charge on any atom is -0.305 e. The van der Waals surface area contributed by atoms with Crippen LogP contribution in [0.4, 0.5) is 0 Å². The lowest BCUT2D eigenvalue weighted by Gasteiger charge is -2.31. The van der Waals surface area contributed by atoms with Gasteiger partial charge in [0.15, 0.2) is 0 Å². The number of nitrogens with zero attached hydrogens (tertiary/aromatic N) is 2. The lowest BCUT2D eigenvalue weighted by molar-refractivity contribution is 0.204. The third kappa shape index (κ3) is 4.39. The zero-order chi connectivity index (χ0) is 15.0. The van der Waals surface area contributed by atoms with Crippen LogP contribution in [0.5, 0.6) is 0 Å². The summed E-state index contributed by atoms with van der Waals surface area (Å²) in [5.74, 6) is 0. The van der Waals surface area contributed by atoms with Crippen molar-refractivity contribution in [2.24, 2.45) is 0 Å². The Morgan fingerprint density at radius 1 is 0.955 bits per heavy atom. The molecule has 0 spiro atoms. The predicted molar refractivity (Wildman–Crippen MR) is 90.6 cm³/mol. The number of aromatic nitrogens is 1. The van der Waals surface area contributed by atoms with Gasteiger partial charge in [-0.2, -0.15) is 0 Å². The van der Waals surface area contributed by atoms with Gasteiger partial charge in [-0.05, 0) is 49.2 Å². The zero-order valence-electron chi connectivity index (χ0n) is 13.1. The van der Waals surface area contributed by atoms with E-state index in [1.165, 1.54) is 43.5 Å². The van der Waals surface area contributed by atoms with E-state index in [1.54, 1.807) is 0 Å². The Morgan fingerprint density at radius 2 is 1.68 bits per heavy atom. The summed E-state index contributed by atoms with van der Waals surface area (Å²) in [6.45, 7) is 4.45. The van der Waals surface area contributed by atoms with Crippen LogP contribution in [-0.2, 0) is 6.54 Å². The first-order valence-corrected chi connectivity index (χ1v) is 8.31. The minimum atomic E-state index is 0.382. The molecule has 1 saturated heterocycles. The molecule has 1 aromatic carbocycles. The highest BCUT2D eigenvalue weighted by Crippen LogP contribution is 2.18. The molecule has 1 fully saturated rings. The number of likely N-dealkylation sites (tertiary alicyclic amines) is 1. The second kappa shape index (κ2) is 8.06. The summed E-state index contributed by atoms with van der Waals surface area (Å²) in [5.41, 5.74) is 2.66. The van der Waals surface area contributed by atoms with Crippen LogP contribution in [-0.4, -0.2) is 29.5 Å². The molecule has 22 heavy (non-hydrogen) atoms. The van der Waals surface area contributed by atoms with Crippen molar-refractivity contribution in [2.45, 2.75) is 31.8 Å². The van der Waals surface area contributed by atoms with E-state index in [-0.39, 0.29) is 0 Å². The van der Waals surface area contributed by atoms with Crippen LogP contribution in [0.15, 0.2) is 54.9 Å². The van der Waals surface area contributed by atoms with Crippen LogP contribution < -0.4 is 5.32 Å². The van der Waals surface area contributed by atoms with E-state index in [0.29, 0.717) is 6.04 Å². The first-order chi connectivity index (χ1) is 10.9. The highest BCUT2D eigenvalue weighted by atomic mass is 15.2. The van der Waals surface area contributed by atoms with E-state index in [2.05, 4.69) is 57.7 Å². The number of benzene rings is 1. The van der Waals surface area contributed by atoms with Gasteiger partial charge in [0.1, 0.15) is 0 Å². The van der Waals surface area contributed by atoms with Gasteiger partial charge in [0.2, 0.25) is 0 Å². The van der Waals surface area contributed by atoms with Crippen molar-refractivity contribution >= 4 is 0 Å². The lowest BCUT2D eigenvalue weighted by atomic mass is 10.0. The molecule has 1 aliphatic heterocycles. The summed E-state index contributed by atoms with van der Waals surface area (Å²) in [4.78, 5) is 6.69. The maximum atomic E-state index is 4.09. The third-order valence-corrected chi connectivity index (χ3v) is 4.39. The number of piperidine rings is 1. The fraction of sp³-hybridized carbons (Fsp3) is 0.421. The number of hydrogen-bond donors (Lipinski definition) is 1. The topological polar surface area (TPSA) is 28.2 Å². The van der Waals surface area contributed by atoms with E-state index in [4.69, 9.17) is 0 Å². The van der Waals surface area contributed by atoms with E-state index >= 15 is 0 Å². The van der Waals surface area contributed by atoms with Gasteiger partial charge in [-0.1, -0.05) is 36.8 Å². The highest BCUT2D eigenvalue weighted by molar-refractivity contribution is 5.20. The molecule has 3 heteroatoms. The van der Waals surface area contributed by atoms with Gasteiger partial charge in [-0.15, -0.1) is 0 Å². The van der Waals surface area contributed by atoms with E-state index in [0.717, 1.165) is 13.1 Å². The molecule has 3 nitrogen and oxygen atoms in total. The van der Waals surface area contributed by atoms with Crippen molar-refractivity contribution in [3.8, 4) is 0 Å². The van der Waals surface area contributed by atoms with Crippen molar-refractivity contribution in [3.63, 3.8) is 0 Å². The summed E-state index contributed by atoms with van der Waals surface area (Å²) in [7, 11) is 0. The molecule has 0 saturated carbocycles. The molecule has 1 N–H and O–H groups in total. The second-order valence-corrected chi connectivity index (χ2v) is 6.06. The molecule has 1 atom stereocenters. The van der Waals surface area contributed by atoms with E-state index in [9.17, 15) is 0 Å². The molecule has 2 aromatic rings. The standard InChI is InChI=1S/C19H25N3/c1-3-7-18(8-4-1)19(16-22-13-5-2-6-14-22)21-15-17-9-11-20-12-10-17/h1,3-4,7-12,19,21H,2,5-6,13-16H2. The van der Waals surface area contributed by atoms with Crippen molar-refractivity contribution in [2.75, 3.05) is 19.6 Å². The molecule has 0 radical (unpaired) electrons. The Kier molecular flexibility index (Phi) is 5.57. The van der Waals surface area contributed by atoms with Gasteiger partial charge in [0, 0.05) is 31.5 Å². The molecule has 0 bridgehead atoms. The number of pyridine rings is 1. The average Bonchev–Trinajstić information content (AvgIpc) is 2.61. The number of hydrogen-bond acceptors (Lipinski definition) is 3. The van der Waals surface area contributed by atoms with Crippen LogP contribution in [0.1, 0.15) is 36.4 Å². The Bertz CT molecular complexity index is 535. The Morgan fingerprint density at radius 3 is 2.41 bits per heavy atom. The molecule has 2 heterocycles. The molecule has 1 aromatic heterocycles. The van der Waals surface area contributed by atoms with Gasteiger partial charge in [-0.25, -0.2) is 0 Å². The van der Waals surface area contributed by atoms with Crippen LogP contribution >= 0.6 is 0 Å². The monoisotopic (exact) mass is 295 g/mol. The minimum absolute atomic E-state index is 0.382. The molecule has 0 amide bonds. The fourth-order valence-electron chi connectivity index (χ4n) is 3.12. The maximum Gasteiger partial charge on any atom is 0.0451 e. The summed E-state index contributed by atoms with van der Waals surface area (Å²) < 4.78 is 0. The van der Waals surface area contributed by atoms with Gasteiger partial charge in [0.25, 0.3) is 0 Å². The molecule has 3 rings (SSSR count). The summed E-state index contributed by atoms with van der Waals surface area (Å²) in [6, 6.07) is 15.4. The van der Waals surface area contributed by atoms with Crippen LogP contribution in [0.3, 0.4) is 0 Å². The van der Waals surface area contributed by atoms with E-state index < -0.39 is 0 Å². The molecule has 116 valence electrons. The lowest BCUT2D eigenvalue weighted by Crippen LogP contribution is -2.38. The molecule has 1 aliphatic rings. The SMILES string of the molecule is c1ccc(C(CN2CCCCC2)NCc2ccncc2)cc1. The van der Waals surface area contributed by atoms with Crippen LogP contribution in [0.2, 0.25) is 0 Å². The van der Waals surface area contributed by atoms with Crippen molar-refractivity contribution < 1.29 is 0 Å². The van der Waals surface area contributed by atoms with E-state index in [1.807, 2.05) is 12.4 Å². The zero-order valence-corrected chi connectivity index (χ0v) is 13.1. The normalized spacial score (nSPS) is 17.3. The van der Waals surface area contributed by atoms with Gasteiger partial charge in [-0.3, -0.25) is 4.98 Å². The first-order valence-electron chi connectivity index (χ1n) is 8.31. The fourth-order valence-corrected chi connectivity index (χ4v) is 3.12. The van der Waals surface area contributed by atoms with Gasteiger partial charge >= 0.3 is 0 Å². The highest BCUT2D eigenvalue weighted by Gasteiger charge is 2.17. The number of nitrogens with one attached hydrogen (secondary N) is 1. The van der Waals surface area contributed by atoms with Crippen LogP contribution in [0.25, 0.3) is 0 Å². The Hall–Kier alpha value is -1.71. The summed E-state index contributed by atoms with van der Waals surface area (Å²) in [6.07, 6.45) is 7.78. The molecular weight excluding hydrogens is 270 g/mol. The van der Waals surface area contributed by atoms with Gasteiger partial charge in [0.05, 0.1) is 0 Å². The molecular formula is C19H25N3. The van der Waals surface area contributed by atoms with Crippen LogP contribution in [0, 0.1) is 0 Å². The quantitative estimate of drug-likeness (QED) is 0.885.